The number of guanidine groups is 1. The van der Waals surface area contributed by atoms with Gasteiger partial charge in [0.25, 0.3) is 0 Å². The Morgan fingerprint density at radius 3 is 2.65 bits per heavy atom. The van der Waals surface area contributed by atoms with Crippen LogP contribution in [0.3, 0.4) is 0 Å². The van der Waals surface area contributed by atoms with Gasteiger partial charge in [-0.15, -0.1) is 11.3 Å². The van der Waals surface area contributed by atoms with Crippen molar-refractivity contribution in [3.63, 3.8) is 0 Å². The van der Waals surface area contributed by atoms with Crippen LogP contribution in [0.4, 0.5) is 0 Å². The van der Waals surface area contributed by atoms with Crippen molar-refractivity contribution in [2.24, 2.45) is 4.99 Å². The Morgan fingerprint density at radius 2 is 2.00 bits per heavy atom. The number of hydrogen-bond donors (Lipinski definition) is 2. The summed E-state index contributed by atoms with van der Waals surface area (Å²) in [5.41, 5.74) is 2.30. The van der Waals surface area contributed by atoms with E-state index in [4.69, 9.17) is 11.6 Å². The molecule has 0 bridgehead atoms. The minimum absolute atomic E-state index is 0.731. The molecule has 1 aromatic carbocycles. The highest BCUT2D eigenvalue weighted by Crippen LogP contribution is 2.11. The number of unbranched alkanes of at least 4 members (excludes halogenated alkanes) is 1. The molecule has 0 aliphatic carbocycles. The summed E-state index contributed by atoms with van der Waals surface area (Å²) < 4.78 is 0. The maximum atomic E-state index is 5.89. The van der Waals surface area contributed by atoms with E-state index in [0.29, 0.717) is 0 Å². The summed E-state index contributed by atoms with van der Waals surface area (Å²) >= 11 is 7.63. The molecule has 0 amide bonds. The summed E-state index contributed by atoms with van der Waals surface area (Å²) in [5.74, 6) is 0.824. The first-order valence-corrected chi connectivity index (χ1v) is 9.03. The van der Waals surface area contributed by atoms with Crippen LogP contribution in [0.15, 0.2) is 34.6 Å². The van der Waals surface area contributed by atoms with E-state index in [1.54, 1.807) is 18.4 Å². The maximum Gasteiger partial charge on any atom is 0.191 e. The highest BCUT2D eigenvalue weighted by molar-refractivity contribution is 7.09. The number of nitrogens with one attached hydrogen (secondary N) is 2. The number of halogens is 1. The smallest absolute Gasteiger partial charge is 0.191 e. The standard InChI is InChI=1S/C17H23ClN4S/c1-13-12-23-16(22-13)5-3-4-10-20-17(19-2)21-11-14-6-8-15(18)9-7-14/h6-9,12H,3-5,10-11H2,1-2H3,(H2,19,20,21). The van der Waals surface area contributed by atoms with Crippen LogP contribution < -0.4 is 10.6 Å². The Kier molecular flexibility index (Phi) is 7.36. The molecule has 2 N–H and O–H groups in total. The lowest BCUT2D eigenvalue weighted by Crippen LogP contribution is -2.37. The second kappa shape index (κ2) is 9.53. The predicted molar refractivity (Wildman–Crippen MR) is 99.4 cm³/mol. The molecule has 0 atom stereocenters. The van der Waals surface area contributed by atoms with Gasteiger partial charge >= 0.3 is 0 Å². The molecule has 0 aliphatic heterocycles. The molecule has 0 fully saturated rings. The third kappa shape index (κ3) is 6.59. The molecule has 0 unspecified atom stereocenters. The van der Waals surface area contributed by atoms with Gasteiger partial charge in [-0.3, -0.25) is 4.99 Å². The fraction of sp³-hybridized carbons (Fsp3) is 0.412. The fourth-order valence-electron chi connectivity index (χ4n) is 2.13. The molecular weight excluding hydrogens is 328 g/mol. The SMILES string of the molecule is CN=C(NCCCCc1nc(C)cs1)NCc1ccc(Cl)cc1. The zero-order chi connectivity index (χ0) is 16.5. The van der Waals surface area contributed by atoms with Gasteiger partial charge < -0.3 is 10.6 Å². The molecule has 2 rings (SSSR count). The number of rotatable bonds is 7. The zero-order valence-corrected chi connectivity index (χ0v) is 15.2. The van der Waals surface area contributed by atoms with Crippen LogP contribution in [0.2, 0.25) is 5.02 Å². The third-order valence-electron chi connectivity index (χ3n) is 3.37. The number of aliphatic imine (C=N–C) groups is 1. The Labute approximate surface area is 147 Å². The van der Waals surface area contributed by atoms with Gasteiger partial charge in [-0.25, -0.2) is 4.98 Å². The first kappa shape index (κ1) is 17.8. The van der Waals surface area contributed by atoms with Crippen LogP contribution >= 0.6 is 22.9 Å². The van der Waals surface area contributed by atoms with Crippen LogP contribution in [0.5, 0.6) is 0 Å². The van der Waals surface area contributed by atoms with Crippen LogP contribution in [0, 0.1) is 6.92 Å². The average molecular weight is 351 g/mol. The van der Waals surface area contributed by atoms with Gasteiger partial charge in [0.15, 0.2) is 5.96 Å². The molecule has 0 saturated carbocycles. The molecule has 0 aliphatic rings. The van der Waals surface area contributed by atoms with E-state index in [0.717, 1.165) is 49.0 Å². The monoisotopic (exact) mass is 350 g/mol. The summed E-state index contributed by atoms with van der Waals surface area (Å²) in [7, 11) is 1.79. The average Bonchev–Trinajstić information content (AvgIpc) is 2.97. The van der Waals surface area contributed by atoms with Crippen LogP contribution in [0.1, 0.15) is 29.1 Å². The topological polar surface area (TPSA) is 49.3 Å². The molecule has 0 saturated heterocycles. The van der Waals surface area contributed by atoms with Gasteiger partial charge in [0.2, 0.25) is 0 Å². The Hall–Kier alpha value is -1.59. The second-order valence-electron chi connectivity index (χ2n) is 5.32. The van der Waals surface area contributed by atoms with E-state index in [1.807, 2.05) is 31.2 Å². The maximum absolute atomic E-state index is 5.89. The van der Waals surface area contributed by atoms with E-state index in [1.165, 1.54) is 10.6 Å². The molecule has 2 aromatic rings. The highest BCUT2D eigenvalue weighted by atomic mass is 35.5. The predicted octanol–water partition coefficient (Wildman–Crippen LogP) is 3.79. The lowest BCUT2D eigenvalue weighted by molar-refractivity contribution is 0.692. The Balaban J connectivity index is 1.62. The normalized spacial score (nSPS) is 11.5. The summed E-state index contributed by atoms with van der Waals surface area (Å²) in [4.78, 5) is 8.72. The van der Waals surface area contributed by atoms with Crippen molar-refractivity contribution in [3.8, 4) is 0 Å². The van der Waals surface area contributed by atoms with Crippen LogP contribution in [-0.4, -0.2) is 24.5 Å². The van der Waals surface area contributed by atoms with E-state index in [2.05, 4.69) is 26.0 Å². The molecule has 6 heteroatoms. The van der Waals surface area contributed by atoms with Crippen molar-refractivity contribution in [2.45, 2.75) is 32.7 Å². The van der Waals surface area contributed by atoms with Crippen molar-refractivity contribution in [3.05, 3.63) is 50.9 Å². The third-order valence-corrected chi connectivity index (χ3v) is 4.65. The lowest BCUT2D eigenvalue weighted by atomic mass is 10.2. The quantitative estimate of drug-likeness (QED) is 0.453. The molecule has 0 radical (unpaired) electrons. The van der Waals surface area contributed by atoms with Gasteiger partial charge in [-0.2, -0.15) is 0 Å². The molecule has 124 valence electrons. The van der Waals surface area contributed by atoms with Crippen molar-refractivity contribution in [2.75, 3.05) is 13.6 Å². The largest absolute Gasteiger partial charge is 0.356 e. The first-order chi connectivity index (χ1) is 11.2. The number of benzene rings is 1. The fourth-order valence-corrected chi connectivity index (χ4v) is 3.08. The van der Waals surface area contributed by atoms with E-state index >= 15 is 0 Å². The molecule has 23 heavy (non-hydrogen) atoms. The van der Waals surface area contributed by atoms with Gasteiger partial charge in [-0.05, 0) is 43.9 Å². The van der Waals surface area contributed by atoms with E-state index in [9.17, 15) is 0 Å². The van der Waals surface area contributed by atoms with Crippen molar-refractivity contribution in [1.29, 1.82) is 0 Å². The van der Waals surface area contributed by atoms with Crippen molar-refractivity contribution < 1.29 is 0 Å². The van der Waals surface area contributed by atoms with Crippen LogP contribution in [0.25, 0.3) is 0 Å². The summed E-state index contributed by atoms with van der Waals surface area (Å²) in [5, 5.41) is 10.7. The Bertz CT molecular complexity index is 622. The van der Waals surface area contributed by atoms with Crippen molar-refractivity contribution in [1.82, 2.24) is 15.6 Å². The summed E-state index contributed by atoms with van der Waals surface area (Å²) in [6.45, 7) is 3.68. The van der Waals surface area contributed by atoms with Gasteiger partial charge in [-0.1, -0.05) is 23.7 Å². The molecular formula is C17H23ClN4S. The lowest BCUT2D eigenvalue weighted by Gasteiger charge is -2.11. The molecule has 0 spiro atoms. The minimum atomic E-state index is 0.731. The van der Waals surface area contributed by atoms with E-state index < -0.39 is 0 Å². The molecule has 4 nitrogen and oxygen atoms in total. The zero-order valence-electron chi connectivity index (χ0n) is 13.6. The highest BCUT2D eigenvalue weighted by Gasteiger charge is 2.00. The number of aromatic nitrogens is 1. The van der Waals surface area contributed by atoms with Gasteiger partial charge in [0, 0.05) is 36.2 Å². The molecule has 1 heterocycles. The minimum Gasteiger partial charge on any atom is -0.356 e. The number of nitrogens with zero attached hydrogens (tertiary/aromatic N) is 2. The number of hydrogen-bond acceptors (Lipinski definition) is 3. The summed E-state index contributed by atoms with van der Waals surface area (Å²) in [6, 6.07) is 7.82. The van der Waals surface area contributed by atoms with Crippen LogP contribution in [-0.2, 0) is 13.0 Å². The molecule has 1 aromatic heterocycles. The van der Waals surface area contributed by atoms with Gasteiger partial charge in [0.05, 0.1) is 5.01 Å². The first-order valence-electron chi connectivity index (χ1n) is 7.77. The van der Waals surface area contributed by atoms with Gasteiger partial charge in [0.1, 0.15) is 0 Å². The Morgan fingerprint density at radius 1 is 1.22 bits per heavy atom. The van der Waals surface area contributed by atoms with Crippen molar-refractivity contribution >= 4 is 28.9 Å². The number of thiazole rings is 1. The summed E-state index contributed by atoms with van der Waals surface area (Å²) in [6.07, 6.45) is 3.28. The van der Waals surface area contributed by atoms with E-state index in [-0.39, 0.29) is 0 Å². The second-order valence-corrected chi connectivity index (χ2v) is 6.70. The number of aryl methyl sites for hydroxylation is 2.